The molecule has 3 nitrogen and oxygen atoms in total. The van der Waals surface area contributed by atoms with E-state index in [1.165, 1.54) is 0 Å². The topological polar surface area (TPSA) is 49.3 Å². The highest BCUT2D eigenvalue weighted by Crippen LogP contribution is 2.23. The van der Waals surface area contributed by atoms with Gasteiger partial charge in [-0.25, -0.2) is 22.0 Å². The third kappa shape index (κ3) is 3.69. The van der Waals surface area contributed by atoms with Crippen LogP contribution in [0, 0.1) is 35.0 Å². The van der Waals surface area contributed by atoms with Crippen molar-refractivity contribution in [3.63, 3.8) is 0 Å². The monoisotopic (exact) mass is 311 g/mol. The van der Waals surface area contributed by atoms with Gasteiger partial charge in [0.15, 0.2) is 23.3 Å². The lowest BCUT2D eigenvalue weighted by Crippen LogP contribution is -2.31. The van der Waals surface area contributed by atoms with Crippen LogP contribution in [0.3, 0.4) is 0 Å². The van der Waals surface area contributed by atoms with Crippen LogP contribution in [0.25, 0.3) is 0 Å². The highest BCUT2D eigenvalue weighted by atomic mass is 19.2. The predicted octanol–water partition coefficient (Wildman–Crippen LogP) is 2.52. The maximum absolute atomic E-state index is 13.4. The van der Waals surface area contributed by atoms with E-state index < -0.39 is 40.6 Å². The van der Waals surface area contributed by atoms with Gasteiger partial charge in [0.25, 0.3) is 5.91 Å². The standard InChI is InChI=1S/C13H14F5NO2/c1-2-6(3-4-20)5-19-13(21)7-8(14)10(16)12(18)11(17)9(7)15/h6,20H,2-5H2,1H3,(H,19,21). The third-order valence-corrected chi connectivity index (χ3v) is 3.10. The summed E-state index contributed by atoms with van der Waals surface area (Å²) in [4.78, 5) is 11.6. The fourth-order valence-electron chi connectivity index (χ4n) is 1.76. The lowest BCUT2D eigenvalue weighted by Gasteiger charge is -2.15. The van der Waals surface area contributed by atoms with E-state index in [9.17, 15) is 26.7 Å². The predicted molar refractivity (Wildman–Crippen MR) is 64.0 cm³/mol. The van der Waals surface area contributed by atoms with Crippen molar-refractivity contribution in [1.29, 1.82) is 0 Å². The van der Waals surface area contributed by atoms with Crippen LogP contribution in [-0.2, 0) is 0 Å². The molecule has 0 aliphatic carbocycles. The number of carbonyl (C=O) groups is 1. The quantitative estimate of drug-likeness (QED) is 0.482. The summed E-state index contributed by atoms with van der Waals surface area (Å²) in [6.45, 7) is 1.58. The number of halogens is 5. The molecule has 1 aromatic carbocycles. The zero-order chi connectivity index (χ0) is 16.2. The summed E-state index contributed by atoms with van der Waals surface area (Å²) in [6, 6.07) is 0. The lowest BCUT2D eigenvalue weighted by atomic mass is 10.0. The Morgan fingerprint density at radius 1 is 1.05 bits per heavy atom. The van der Waals surface area contributed by atoms with Crippen molar-refractivity contribution in [2.45, 2.75) is 19.8 Å². The molecule has 0 fully saturated rings. The second kappa shape index (κ2) is 7.35. The Balaban J connectivity index is 2.98. The zero-order valence-corrected chi connectivity index (χ0v) is 11.2. The Morgan fingerprint density at radius 2 is 1.52 bits per heavy atom. The van der Waals surface area contributed by atoms with Crippen LogP contribution >= 0.6 is 0 Å². The fourth-order valence-corrected chi connectivity index (χ4v) is 1.76. The number of nitrogens with one attached hydrogen (secondary N) is 1. The lowest BCUT2D eigenvalue weighted by molar-refractivity contribution is 0.0931. The third-order valence-electron chi connectivity index (χ3n) is 3.10. The molecule has 0 saturated carbocycles. The first-order valence-corrected chi connectivity index (χ1v) is 6.25. The molecule has 1 unspecified atom stereocenters. The van der Waals surface area contributed by atoms with Gasteiger partial charge in [-0.3, -0.25) is 4.79 Å². The van der Waals surface area contributed by atoms with E-state index in [4.69, 9.17) is 5.11 Å². The number of benzene rings is 1. The molecule has 1 atom stereocenters. The number of aliphatic hydroxyl groups is 1. The van der Waals surface area contributed by atoms with Gasteiger partial charge in [0.05, 0.1) is 0 Å². The minimum Gasteiger partial charge on any atom is -0.396 e. The van der Waals surface area contributed by atoms with E-state index in [0.29, 0.717) is 12.8 Å². The van der Waals surface area contributed by atoms with Crippen LogP contribution in [0.4, 0.5) is 22.0 Å². The highest BCUT2D eigenvalue weighted by Gasteiger charge is 2.29. The van der Waals surface area contributed by atoms with E-state index in [2.05, 4.69) is 5.32 Å². The molecule has 0 aromatic heterocycles. The summed E-state index contributed by atoms with van der Waals surface area (Å²) in [5, 5.41) is 10.9. The van der Waals surface area contributed by atoms with Gasteiger partial charge in [0, 0.05) is 13.2 Å². The Hall–Kier alpha value is -1.70. The molecule has 1 rings (SSSR count). The number of amides is 1. The molecular weight excluding hydrogens is 297 g/mol. The highest BCUT2D eigenvalue weighted by molar-refractivity contribution is 5.94. The van der Waals surface area contributed by atoms with Gasteiger partial charge in [-0.05, 0) is 12.3 Å². The van der Waals surface area contributed by atoms with Crippen molar-refractivity contribution in [3.05, 3.63) is 34.6 Å². The number of aliphatic hydroxyl groups excluding tert-OH is 1. The Kier molecular flexibility index (Phi) is 6.07. The van der Waals surface area contributed by atoms with Gasteiger partial charge in [0.1, 0.15) is 5.56 Å². The van der Waals surface area contributed by atoms with Crippen LogP contribution in [-0.4, -0.2) is 24.2 Å². The van der Waals surface area contributed by atoms with Crippen LogP contribution in [0.1, 0.15) is 30.1 Å². The summed E-state index contributed by atoms with van der Waals surface area (Å²) in [5.41, 5.74) is -1.51. The Morgan fingerprint density at radius 3 is 1.95 bits per heavy atom. The molecule has 118 valence electrons. The maximum Gasteiger partial charge on any atom is 0.257 e. The van der Waals surface area contributed by atoms with Crippen molar-refractivity contribution in [3.8, 4) is 0 Å². The summed E-state index contributed by atoms with van der Waals surface area (Å²) < 4.78 is 65.6. The molecule has 0 spiro atoms. The molecule has 0 radical (unpaired) electrons. The zero-order valence-electron chi connectivity index (χ0n) is 11.2. The second-order valence-electron chi connectivity index (χ2n) is 4.44. The molecule has 1 amide bonds. The molecule has 0 saturated heterocycles. The van der Waals surface area contributed by atoms with Crippen molar-refractivity contribution < 1.29 is 31.9 Å². The SMILES string of the molecule is CCC(CCO)CNC(=O)c1c(F)c(F)c(F)c(F)c1F. The van der Waals surface area contributed by atoms with Gasteiger partial charge < -0.3 is 10.4 Å². The van der Waals surface area contributed by atoms with Gasteiger partial charge in [-0.15, -0.1) is 0 Å². The number of hydrogen-bond donors (Lipinski definition) is 2. The van der Waals surface area contributed by atoms with E-state index in [-0.39, 0.29) is 19.1 Å². The number of carbonyl (C=O) groups excluding carboxylic acids is 1. The van der Waals surface area contributed by atoms with E-state index in [1.807, 2.05) is 0 Å². The van der Waals surface area contributed by atoms with Gasteiger partial charge >= 0.3 is 0 Å². The second-order valence-corrected chi connectivity index (χ2v) is 4.44. The van der Waals surface area contributed by atoms with Gasteiger partial charge in [-0.2, -0.15) is 0 Å². The van der Waals surface area contributed by atoms with Crippen molar-refractivity contribution in [1.82, 2.24) is 5.32 Å². The Labute approximate surface area is 117 Å². The molecule has 0 bridgehead atoms. The minimum atomic E-state index is -2.31. The molecule has 8 heteroatoms. The molecule has 0 aliphatic heterocycles. The molecule has 0 aliphatic rings. The van der Waals surface area contributed by atoms with E-state index >= 15 is 0 Å². The first-order chi connectivity index (χ1) is 9.84. The van der Waals surface area contributed by atoms with Crippen molar-refractivity contribution in [2.75, 3.05) is 13.2 Å². The summed E-state index contributed by atoms with van der Waals surface area (Å²) in [5.74, 6) is -12.5. The number of hydrogen-bond acceptors (Lipinski definition) is 2. The van der Waals surface area contributed by atoms with E-state index in [0.717, 1.165) is 0 Å². The smallest absolute Gasteiger partial charge is 0.257 e. The summed E-state index contributed by atoms with van der Waals surface area (Å²) in [7, 11) is 0. The van der Waals surface area contributed by atoms with Crippen molar-refractivity contribution in [2.24, 2.45) is 5.92 Å². The maximum atomic E-state index is 13.4. The minimum absolute atomic E-state index is 0.0462. The van der Waals surface area contributed by atoms with Crippen LogP contribution in [0.2, 0.25) is 0 Å². The van der Waals surface area contributed by atoms with Gasteiger partial charge in [0.2, 0.25) is 5.82 Å². The molecular formula is C13H14F5NO2. The Bertz CT molecular complexity index is 507. The van der Waals surface area contributed by atoms with Crippen molar-refractivity contribution >= 4 is 5.91 Å². The molecule has 21 heavy (non-hydrogen) atoms. The number of rotatable bonds is 6. The largest absolute Gasteiger partial charge is 0.396 e. The normalized spacial score (nSPS) is 12.3. The van der Waals surface area contributed by atoms with Crippen LogP contribution in [0.15, 0.2) is 0 Å². The molecule has 2 N–H and O–H groups in total. The molecule has 0 heterocycles. The van der Waals surface area contributed by atoms with Gasteiger partial charge in [-0.1, -0.05) is 13.3 Å². The van der Waals surface area contributed by atoms with Crippen LogP contribution < -0.4 is 5.32 Å². The fraction of sp³-hybridized carbons (Fsp3) is 0.462. The average molecular weight is 311 g/mol. The first-order valence-electron chi connectivity index (χ1n) is 6.25. The van der Waals surface area contributed by atoms with Crippen LogP contribution in [0.5, 0.6) is 0 Å². The summed E-state index contributed by atoms with van der Waals surface area (Å²) >= 11 is 0. The molecule has 1 aromatic rings. The average Bonchev–Trinajstić information content (AvgIpc) is 2.47. The first kappa shape index (κ1) is 17.4. The summed E-state index contributed by atoms with van der Waals surface area (Å²) in [6.07, 6.45) is 0.909. The van der Waals surface area contributed by atoms with E-state index in [1.54, 1.807) is 6.92 Å².